The number of ether oxygens (including phenoxy) is 4. The normalized spacial score (nSPS) is 36.5. The van der Waals surface area contributed by atoms with Crippen LogP contribution >= 0.6 is 0 Å². The van der Waals surface area contributed by atoms with Gasteiger partial charge in [0.15, 0.2) is 6.10 Å². The first-order valence-corrected chi connectivity index (χ1v) is 21.3. The number of hydrogen-bond donors (Lipinski definition) is 3. The summed E-state index contributed by atoms with van der Waals surface area (Å²) in [7, 11) is 4.09. The third-order valence-corrected chi connectivity index (χ3v) is 15.5. The summed E-state index contributed by atoms with van der Waals surface area (Å²) in [6.45, 7) is 8.16. The van der Waals surface area contributed by atoms with Crippen molar-refractivity contribution in [1.29, 1.82) is 0 Å². The minimum atomic E-state index is -2.53. The number of benzene rings is 2. The second-order valence-electron chi connectivity index (χ2n) is 18.1. The minimum Gasteiger partial charge on any atom is -0.496 e. The second-order valence-corrected chi connectivity index (χ2v) is 18.1. The molecule has 3 N–H and O–H groups in total. The molecule has 320 valence electrons. The summed E-state index contributed by atoms with van der Waals surface area (Å²) in [6.07, 6.45) is 5.83. The molecule has 3 fully saturated rings. The SMILES string of the molecule is CC[C@@]1(O)C[C@H]2CN(CCc3c([nH]c4ccccc34)[C@](C(=O)OC)(c3cc4c(cc3OC)N(C=O)[C@@H]3[C@](O)(C(=O)OC)[C@@H](OC(C)=O)[C@@]5(CC)C=CCN6CC[C@@]43[C@H]65)C2)C1. The van der Waals surface area contributed by atoms with Gasteiger partial charge in [-0.2, -0.15) is 0 Å². The van der Waals surface area contributed by atoms with E-state index in [9.17, 15) is 24.6 Å². The van der Waals surface area contributed by atoms with Gasteiger partial charge in [0.2, 0.25) is 12.0 Å². The van der Waals surface area contributed by atoms with Crippen molar-refractivity contribution in [2.45, 2.75) is 99.5 Å². The average Bonchev–Trinajstić information content (AvgIpc) is 3.92. The zero-order valence-electron chi connectivity index (χ0n) is 35.3. The van der Waals surface area contributed by atoms with Crippen LogP contribution in [0.15, 0.2) is 48.6 Å². The van der Waals surface area contributed by atoms with Gasteiger partial charge >= 0.3 is 17.9 Å². The summed E-state index contributed by atoms with van der Waals surface area (Å²) in [5, 5.41) is 26.3. The van der Waals surface area contributed by atoms with Crippen molar-refractivity contribution < 1.29 is 48.3 Å². The first-order chi connectivity index (χ1) is 28.8. The molecule has 60 heavy (non-hydrogen) atoms. The summed E-state index contributed by atoms with van der Waals surface area (Å²) in [4.78, 5) is 66.1. The molecule has 1 saturated carbocycles. The summed E-state index contributed by atoms with van der Waals surface area (Å²) in [6, 6.07) is 9.97. The number of esters is 3. The number of fused-ring (bicyclic) bond motifs is 6. The molecular formula is C46H56N4O10. The quantitative estimate of drug-likeness (QED) is 0.131. The van der Waals surface area contributed by atoms with E-state index in [4.69, 9.17) is 18.9 Å². The molecule has 6 heterocycles. The predicted molar refractivity (Wildman–Crippen MR) is 221 cm³/mol. The summed E-state index contributed by atoms with van der Waals surface area (Å²) in [5.74, 6) is -2.06. The van der Waals surface area contributed by atoms with Crippen molar-refractivity contribution in [3.63, 3.8) is 0 Å². The number of carbonyl (C=O) groups is 4. The zero-order chi connectivity index (χ0) is 42.6. The number of para-hydroxylation sites is 1. The van der Waals surface area contributed by atoms with Crippen LogP contribution in [-0.4, -0.2) is 133 Å². The van der Waals surface area contributed by atoms with Crippen LogP contribution in [0.25, 0.3) is 10.9 Å². The van der Waals surface area contributed by atoms with E-state index in [1.165, 1.54) is 33.2 Å². The lowest BCUT2D eigenvalue weighted by atomic mass is 9.47. The van der Waals surface area contributed by atoms with E-state index in [-0.39, 0.29) is 12.3 Å². The van der Waals surface area contributed by atoms with Crippen LogP contribution in [0.1, 0.15) is 75.3 Å². The number of methoxy groups -OCH3 is 3. The van der Waals surface area contributed by atoms with Gasteiger partial charge in [0.1, 0.15) is 11.2 Å². The number of anilines is 1. The molecule has 0 radical (unpaired) electrons. The molecule has 10 atom stereocenters. The van der Waals surface area contributed by atoms with Crippen molar-refractivity contribution in [3.05, 3.63) is 70.9 Å². The zero-order valence-corrected chi connectivity index (χ0v) is 35.3. The maximum atomic E-state index is 15.3. The molecule has 14 heteroatoms. The van der Waals surface area contributed by atoms with Gasteiger partial charge in [-0.25, -0.2) is 4.79 Å². The van der Waals surface area contributed by atoms with Gasteiger partial charge in [0.05, 0.1) is 38.7 Å². The van der Waals surface area contributed by atoms with E-state index in [1.54, 1.807) is 6.07 Å². The Morgan fingerprint density at radius 3 is 2.42 bits per heavy atom. The van der Waals surface area contributed by atoms with Crippen LogP contribution in [0.3, 0.4) is 0 Å². The van der Waals surface area contributed by atoms with Gasteiger partial charge in [-0.3, -0.25) is 24.2 Å². The highest BCUT2D eigenvalue weighted by molar-refractivity contribution is 5.96. The molecule has 1 aromatic heterocycles. The van der Waals surface area contributed by atoms with Gasteiger partial charge in [-0.1, -0.05) is 44.2 Å². The van der Waals surface area contributed by atoms with Crippen LogP contribution in [0, 0.1) is 11.3 Å². The molecule has 9 rings (SSSR count). The average molecular weight is 825 g/mol. The Bertz CT molecular complexity index is 2310. The largest absolute Gasteiger partial charge is 0.496 e. The van der Waals surface area contributed by atoms with Gasteiger partial charge in [0, 0.05) is 78.2 Å². The fourth-order valence-electron chi connectivity index (χ4n) is 13.4. The van der Waals surface area contributed by atoms with Crippen molar-refractivity contribution in [2.75, 3.05) is 59.0 Å². The van der Waals surface area contributed by atoms with E-state index in [2.05, 4.69) is 20.9 Å². The Balaban J connectivity index is 1.38. The molecule has 3 aromatic rings. The molecule has 1 spiro atoms. The molecule has 1 amide bonds. The monoisotopic (exact) mass is 824 g/mol. The third kappa shape index (κ3) is 5.19. The Labute approximate surface area is 349 Å². The summed E-state index contributed by atoms with van der Waals surface area (Å²) >= 11 is 0. The molecule has 1 unspecified atom stereocenters. The number of amides is 1. The lowest BCUT2D eigenvalue weighted by molar-refractivity contribution is -0.228. The Morgan fingerprint density at radius 2 is 1.73 bits per heavy atom. The predicted octanol–water partition coefficient (Wildman–Crippen LogP) is 3.52. The van der Waals surface area contributed by atoms with Gasteiger partial charge < -0.3 is 39.0 Å². The second kappa shape index (κ2) is 14.1. The number of nitrogens with one attached hydrogen (secondary N) is 1. The fraction of sp³-hybridized carbons (Fsp3) is 0.565. The third-order valence-electron chi connectivity index (χ3n) is 15.5. The smallest absolute Gasteiger partial charge is 0.344 e. The van der Waals surface area contributed by atoms with Crippen LogP contribution in [0.2, 0.25) is 0 Å². The first kappa shape index (κ1) is 40.6. The Hall–Kier alpha value is -4.76. The lowest BCUT2D eigenvalue weighted by Gasteiger charge is -2.63. The highest BCUT2D eigenvalue weighted by Gasteiger charge is 2.81. The number of carbonyl (C=O) groups excluding carboxylic acids is 4. The number of aromatic nitrogens is 1. The summed E-state index contributed by atoms with van der Waals surface area (Å²) in [5.41, 5.74) is -3.15. The summed E-state index contributed by atoms with van der Waals surface area (Å²) < 4.78 is 23.7. The van der Waals surface area contributed by atoms with Gasteiger partial charge in [-0.15, -0.1) is 0 Å². The van der Waals surface area contributed by atoms with E-state index in [0.29, 0.717) is 99.5 Å². The van der Waals surface area contributed by atoms with Gasteiger partial charge in [0.25, 0.3) is 0 Å². The van der Waals surface area contributed by atoms with Crippen molar-refractivity contribution >= 4 is 40.9 Å². The van der Waals surface area contributed by atoms with Crippen LogP contribution in [0.5, 0.6) is 5.75 Å². The van der Waals surface area contributed by atoms with Crippen LogP contribution < -0.4 is 9.64 Å². The number of piperidine rings is 1. The molecule has 6 aliphatic rings. The topological polar surface area (TPSA) is 171 Å². The Kier molecular flexibility index (Phi) is 9.58. The van der Waals surface area contributed by atoms with E-state index in [1.807, 2.05) is 50.3 Å². The minimum absolute atomic E-state index is 0.155. The molecular weight excluding hydrogens is 769 g/mol. The number of aromatic amines is 1. The Morgan fingerprint density at radius 1 is 0.967 bits per heavy atom. The van der Waals surface area contributed by atoms with Crippen LogP contribution in [-0.2, 0) is 50.6 Å². The van der Waals surface area contributed by atoms with Crippen molar-refractivity contribution in [3.8, 4) is 5.75 Å². The highest BCUT2D eigenvalue weighted by Crippen LogP contribution is 2.68. The molecule has 2 saturated heterocycles. The van der Waals surface area contributed by atoms with Crippen molar-refractivity contribution in [2.24, 2.45) is 11.3 Å². The van der Waals surface area contributed by atoms with E-state index >= 15 is 4.79 Å². The lowest BCUT2D eigenvalue weighted by Crippen LogP contribution is -2.81. The number of rotatable bonds is 8. The number of H-pyrrole nitrogens is 1. The molecule has 2 bridgehead atoms. The number of aliphatic hydroxyl groups is 2. The standard InChI is InChI=1S/C46H56N4O10/c1-7-42(55)22-28-23-45(40(53)58-5,36-30(14-18-48(24-28)25-42)29-12-9-10-13-33(29)47-36)32-20-31-34(21-35(32)57-4)50(26-51)38-44(31)16-19-49-17-11-15-43(8-2,37(44)49)39(60-27(3)52)46(38,56)41(54)59-6/h9-13,15,20-21,26,28,37-39,47,55-56H,7-8,14,16-19,22-25H2,1-6H3/t28-,37-,38+,39+,42-,43+,44+,45-,46-/m1/s1. The molecule has 5 aliphatic heterocycles. The molecule has 2 aromatic carbocycles. The van der Waals surface area contributed by atoms with E-state index in [0.717, 1.165) is 16.5 Å². The van der Waals surface area contributed by atoms with Crippen LogP contribution in [0.4, 0.5) is 5.69 Å². The number of nitrogens with zero attached hydrogens (tertiary/aromatic N) is 3. The van der Waals surface area contributed by atoms with E-state index < -0.39 is 63.5 Å². The molecule has 1 aliphatic carbocycles. The number of hydrogen-bond acceptors (Lipinski definition) is 12. The first-order valence-electron chi connectivity index (χ1n) is 21.3. The maximum Gasteiger partial charge on any atom is 0.344 e. The highest BCUT2D eigenvalue weighted by atomic mass is 16.6. The van der Waals surface area contributed by atoms with Gasteiger partial charge in [-0.05, 0) is 74.2 Å². The fourth-order valence-corrected chi connectivity index (χ4v) is 13.4. The molecule has 14 nitrogen and oxygen atoms in total. The van der Waals surface area contributed by atoms with Crippen molar-refractivity contribution in [1.82, 2.24) is 14.8 Å². The maximum absolute atomic E-state index is 15.3.